The maximum atomic E-state index is 12.1. The Morgan fingerprint density at radius 1 is 1.29 bits per heavy atom. The predicted octanol–water partition coefficient (Wildman–Crippen LogP) is 0.518. The van der Waals surface area contributed by atoms with E-state index in [4.69, 9.17) is 0 Å². The first-order valence-corrected chi connectivity index (χ1v) is 6.98. The van der Waals surface area contributed by atoms with Gasteiger partial charge in [0.05, 0.1) is 6.26 Å². The van der Waals surface area contributed by atoms with Crippen LogP contribution >= 0.6 is 11.3 Å². The average molecular weight is 290 g/mol. The van der Waals surface area contributed by atoms with Gasteiger partial charge in [-0.2, -0.15) is 13.2 Å². The number of hydrogen-bond donors (Lipinski definition) is 2. The number of halogens is 3. The number of aromatic nitrogens is 2. The number of hydrogen-bond acceptors (Lipinski definition) is 6. The van der Waals surface area contributed by atoms with E-state index in [1.54, 1.807) is 0 Å². The third kappa shape index (κ3) is 5.28. The molecule has 0 atom stereocenters. The first-order valence-electron chi connectivity index (χ1n) is 4.28. The van der Waals surface area contributed by atoms with Crippen molar-refractivity contribution < 1.29 is 21.6 Å². The summed E-state index contributed by atoms with van der Waals surface area (Å²) in [7, 11) is -3.30. The molecule has 0 unspecified atom stereocenters. The van der Waals surface area contributed by atoms with Crippen molar-refractivity contribution in [2.24, 2.45) is 0 Å². The maximum absolute atomic E-state index is 12.1. The van der Waals surface area contributed by atoms with Gasteiger partial charge in [-0.3, -0.25) is 0 Å². The van der Waals surface area contributed by atoms with Gasteiger partial charge in [-0.25, -0.2) is 13.1 Å². The van der Waals surface area contributed by atoms with Gasteiger partial charge >= 0.3 is 6.18 Å². The van der Waals surface area contributed by atoms with Crippen LogP contribution in [0.15, 0.2) is 0 Å². The molecule has 0 amide bonds. The number of sulfonamides is 1. The monoisotopic (exact) mass is 290 g/mol. The second kappa shape index (κ2) is 5.14. The molecule has 1 heterocycles. The lowest BCUT2D eigenvalue weighted by Gasteiger charge is -2.02. The molecular weight excluding hydrogens is 281 g/mol. The lowest BCUT2D eigenvalue weighted by molar-refractivity contribution is -0.138. The predicted molar refractivity (Wildman–Crippen MR) is 56.2 cm³/mol. The number of anilines is 1. The van der Waals surface area contributed by atoms with Crippen LogP contribution in [-0.4, -0.2) is 38.0 Å². The third-order valence-corrected chi connectivity index (χ3v) is 3.09. The van der Waals surface area contributed by atoms with E-state index in [2.05, 4.69) is 20.2 Å². The van der Waals surface area contributed by atoms with Crippen LogP contribution in [-0.2, 0) is 16.2 Å². The quantitative estimate of drug-likeness (QED) is 0.772. The van der Waals surface area contributed by atoms with Crippen molar-refractivity contribution >= 4 is 26.5 Å². The number of alkyl halides is 3. The van der Waals surface area contributed by atoms with Gasteiger partial charge in [0.25, 0.3) is 0 Å². The molecule has 2 N–H and O–H groups in total. The van der Waals surface area contributed by atoms with E-state index in [1.165, 1.54) is 0 Å². The summed E-state index contributed by atoms with van der Waals surface area (Å²) in [6.45, 7) is 0.180. The first kappa shape index (κ1) is 14.1. The van der Waals surface area contributed by atoms with Gasteiger partial charge < -0.3 is 5.32 Å². The van der Waals surface area contributed by atoms with E-state index in [9.17, 15) is 21.6 Å². The highest BCUT2D eigenvalue weighted by atomic mass is 32.2. The Balaban J connectivity index is 2.41. The van der Waals surface area contributed by atoms with Gasteiger partial charge in [-0.15, -0.1) is 10.2 Å². The molecule has 11 heteroatoms. The van der Waals surface area contributed by atoms with E-state index in [0.29, 0.717) is 11.3 Å². The lowest BCUT2D eigenvalue weighted by Crippen LogP contribution is -2.27. The summed E-state index contributed by atoms with van der Waals surface area (Å²) in [5.74, 6) is 0. The molecule has 6 nitrogen and oxygen atoms in total. The normalized spacial score (nSPS) is 12.7. The zero-order valence-corrected chi connectivity index (χ0v) is 10.2. The summed E-state index contributed by atoms with van der Waals surface area (Å²) in [4.78, 5) is 0. The molecule has 0 aromatic carbocycles. The Labute approximate surface area is 99.3 Å². The standard InChI is InChI=1S/C6H9F3N4O2S2/c1-17(14,15)11-3-2-10-5-13-12-4(16-5)6(7,8)9/h11H,2-3H2,1H3,(H,10,13). The minimum absolute atomic E-state index is 0.00683. The van der Waals surface area contributed by atoms with Gasteiger partial charge in [0.15, 0.2) is 0 Å². The van der Waals surface area contributed by atoms with Crippen LogP contribution in [0.25, 0.3) is 0 Å². The van der Waals surface area contributed by atoms with E-state index >= 15 is 0 Å². The fourth-order valence-corrected chi connectivity index (χ4v) is 1.92. The Morgan fingerprint density at radius 2 is 1.94 bits per heavy atom. The van der Waals surface area contributed by atoms with Crippen molar-refractivity contribution in [2.45, 2.75) is 6.18 Å². The molecule has 0 saturated carbocycles. The Kier molecular flexibility index (Phi) is 4.27. The van der Waals surface area contributed by atoms with Crippen molar-refractivity contribution in [1.29, 1.82) is 0 Å². The highest BCUT2D eigenvalue weighted by Gasteiger charge is 2.35. The van der Waals surface area contributed by atoms with Gasteiger partial charge in [0.2, 0.25) is 20.2 Å². The maximum Gasteiger partial charge on any atom is 0.445 e. The highest BCUT2D eigenvalue weighted by molar-refractivity contribution is 7.88. The van der Waals surface area contributed by atoms with Crippen LogP contribution in [0.2, 0.25) is 0 Å². The summed E-state index contributed by atoms with van der Waals surface area (Å²) in [5, 5.41) is 7.71. The van der Waals surface area contributed by atoms with Gasteiger partial charge in [-0.05, 0) is 0 Å². The first-order chi connectivity index (χ1) is 7.68. The SMILES string of the molecule is CS(=O)(=O)NCCNc1nnc(C(F)(F)F)s1. The largest absolute Gasteiger partial charge is 0.445 e. The third-order valence-electron chi connectivity index (χ3n) is 1.43. The summed E-state index contributed by atoms with van der Waals surface area (Å²) in [6, 6.07) is 0. The summed E-state index contributed by atoms with van der Waals surface area (Å²) in [5.41, 5.74) is 0. The fraction of sp³-hybridized carbons (Fsp3) is 0.667. The molecule has 17 heavy (non-hydrogen) atoms. The fourth-order valence-electron chi connectivity index (χ4n) is 0.815. The molecule has 0 radical (unpaired) electrons. The molecule has 98 valence electrons. The summed E-state index contributed by atoms with van der Waals surface area (Å²) >= 11 is 0.362. The number of rotatable bonds is 5. The molecule has 0 bridgehead atoms. The molecule has 1 aromatic rings. The highest BCUT2D eigenvalue weighted by Crippen LogP contribution is 2.32. The molecule has 0 aliphatic heterocycles. The second-order valence-corrected chi connectivity index (χ2v) is 5.81. The van der Waals surface area contributed by atoms with E-state index in [1.807, 2.05) is 0 Å². The van der Waals surface area contributed by atoms with Gasteiger partial charge in [0.1, 0.15) is 0 Å². The zero-order valence-electron chi connectivity index (χ0n) is 8.58. The Bertz CT molecular complexity index is 470. The van der Waals surface area contributed by atoms with Crippen LogP contribution in [0.5, 0.6) is 0 Å². The minimum atomic E-state index is -4.51. The molecule has 0 aliphatic carbocycles. The minimum Gasteiger partial charge on any atom is -0.359 e. The smallest absolute Gasteiger partial charge is 0.359 e. The van der Waals surface area contributed by atoms with Crippen molar-refractivity contribution in [3.8, 4) is 0 Å². The van der Waals surface area contributed by atoms with Gasteiger partial charge in [-0.1, -0.05) is 11.3 Å². The van der Waals surface area contributed by atoms with Crippen molar-refractivity contribution in [2.75, 3.05) is 24.7 Å². The average Bonchev–Trinajstić information content (AvgIpc) is 2.58. The number of nitrogens with zero attached hydrogens (tertiary/aromatic N) is 2. The van der Waals surface area contributed by atoms with Crippen molar-refractivity contribution in [3.05, 3.63) is 5.01 Å². The number of nitrogens with one attached hydrogen (secondary N) is 2. The topological polar surface area (TPSA) is 84.0 Å². The molecular formula is C6H9F3N4O2S2. The van der Waals surface area contributed by atoms with Crippen LogP contribution in [0, 0.1) is 0 Å². The molecule has 0 fully saturated rings. The van der Waals surface area contributed by atoms with Crippen LogP contribution < -0.4 is 10.0 Å². The molecule has 0 saturated heterocycles. The van der Waals surface area contributed by atoms with Crippen LogP contribution in [0.1, 0.15) is 5.01 Å². The summed E-state index contributed by atoms with van der Waals surface area (Å²) in [6.07, 6.45) is -3.53. The Morgan fingerprint density at radius 3 is 2.41 bits per heavy atom. The van der Waals surface area contributed by atoms with Crippen LogP contribution in [0.4, 0.5) is 18.3 Å². The lowest BCUT2D eigenvalue weighted by atomic mass is 10.7. The zero-order chi connectivity index (χ0) is 13.1. The van der Waals surface area contributed by atoms with Crippen molar-refractivity contribution in [1.82, 2.24) is 14.9 Å². The molecule has 0 aliphatic rings. The Hall–Kier alpha value is -0.940. The molecule has 1 rings (SSSR count). The molecule has 0 spiro atoms. The van der Waals surface area contributed by atoms with Crippen molar-refractivity contribution in [3.63, 3.8) is 0 Å². The van der Waals surface area contributed by atoms with E-state index < -0.39 is 21.2 Å². The summed E-state index contributed by atoms with van der Waals surface area (Å²) < 4.78 is 59.9. The second-order valence-electron chi connectivity index (χ2n) is 3.00. The van der Waals surface area contributed by atoms with E-state index in [-0.39, 0.29) is 18.2 Å². The van der Waals surface area contributed by atoms with Crippen LogP contribution in [0.3, 0.4) is 0 Å². The molecule has 1 aromatic heterocycles. The van der Waals surface area contributed by atoms with Gasteiger partial charge in [0, 0.05) is 13.1 Å². The van der Waals surface area contributed by atoms with E-state index in [0.717, 1.165) is 6.26 Å².